The van der Waals surface area contributed by atoms with E-state index in [1.807, 2.05) is 4.57 Å². The molecule has 1 unspecified atom stereocenters. The van der Waals surface area contributed by atoms with Gasteiger partial charge in [-0.1, -0.05) is 6.07 Å². The van der Waals surface area contributed by atoms with Gasteiger partial charge in [0.1, 0.15) is 5.82 Å². The predicted molar refractivity (Wildman–Crippen MR) is 137 cm³/mol. The highest BCUT2D eigenvalue weighted by molar-refractivity contribution is 14.1. The number of halogens is 2. The van der Waals surface area contributed by atoms with Crippen LogP contribution in [0.4, 0.5) is 10.2 Å². The number of benzene rings is 1. The van der Waals surface area contributed by atoms with E-state index in [1.54, 1.807) is 4.31 Å². The third-order valence-corrected chi connectivity index (χ3v) is 9.27. The molecule has 2 aliphatic rings. The van der Waals surface area contributed by atoms with E-state index in [0.717, 1.165) is 37.9 Å². The zero-order valence-electron chi connectivity index (χ0n) is 19.1. The summed E-state index contributed by atoms with van der Waals surface area (Å²) in [7, 11) is -3.21. The zero-order valence-corrected chi connectivity index (χ0v) is 22.1. The van der Waals surface area contributed by atoms with Crippen molar-refractivity contribution < 1.29 is 12.8 Å². The number of sulfonamides is 1. The highest BCUT2D eigenvalue weighted by Crippen LogP contribution is 2.30. The number of nitrogens with zero attached hydrogens (tertiary/aromatic N) is 5. The topological polar surface area (TPSA) is 107 Å². The summed E-state index contributed by atoms with van der Waals surface area (Å²) >= 11 is 2.38. The number of fused-ring (bicyclic) bond motifs is 2. The number of imidazole rings is 1. The average Bonchev–Trinajstić information content (AvgIpc) is 3.36. The van der Waals surface area contributed by atoms with Crippen LogP contribution in [0.15, 0.2) is 12.1 Å². The molecule has 1 aliphatic heterocycles. The molecule has 3 heterocycles. The summed E-state index contributed by atoms with van der Waals surface area (Å²) in [6, 6.07) is 4.54. The minimum absolute atomic E-state index is 0.0343. The Hall–Kier alpha value is -1.86. The molecule has 1 aromatic carbocycles. The Morgan fingerprint density at radius 2 is 1.94 bits per heavy atom. The monoisotopic (exact) mass is 598 g/mol. The molecule has 5 rings (SSSR count). The van der Waals surface area contributed by atoms with E-state index in [2.05, 4.69) is 44.7 Å². The molecule has 0 spiro atoms. The third-order valence-electron chi connectivity index (χ3n) is 6.99. The van der Waals surface area contributed by atoms with Gasteiger partial charge in [-0.3, -0.25) is 0 Å². The molecule has 0 bridgehead atoms. The van der Waals surface area contributed by atoms with Gasteiger partial charge in [0.15, 0.2) is 17.0 Å². The Bertz CT molecular complexity index is 1360. The number of nitrogens with two attached hydrogens (primary N) is 1. The summed E-state index contributed by atoms with van der Waals surface area (Å²) in [6.07, 6.45) is 6.93. The fourth-order valence-electron chi connectivity index (χ4n) is 5.24. The number of aromatic nitrogens is 4. The second kappa shape index (κ2) is 9.30. The van der Waals surface area contributed by atoms with Crippen LogP contribution in [0.25, 0.3) is 11.2 Å². The quantitative estimate of drug-likeness (QED) is 0.345. The number of aryl methyl sites for hydroxylation is 3. The predicted octanol–water partition coefficient (Wildman–Crippen LogP) is 3.29. The lowest BCUT2D eigenvalue weighted by molar-refractivity contribution is 0.250. The Balaban J connectivity index is 1.46. The largest absolute Gasteiger partial charge is 0.382 e. The molecule has 1 fully saturated rings. The van der Waals surface area contributed by atoms with Gasteiger partial charge in [-0.25, -0.2) is 17.7 Å². The Morgan fingerprint density at radius 3 is 2.71 bits per heavy atom. The molecule has 1 aliphatic carbocycles. The van der Waals surface area contributed by atoms with Gasteiger partial charge >= 0.3 is 6.08 Å². The summed E-state index contributed by atoms with van der Waals surface area (Å²) in [5, 5.41) is 0. The van der Waals surface area contributed by atoms with E-state index in [4.69, 9.17) is 10.7 Å². The molecule has 2 N–H and O–H groups in total. The van der Waals surface area contributed by atoms with Crippen molar-refractivity contribution in [3.8, 4) is 0 Å². The molecule has 2 aromatic heterocycles. The number of hydrogen-bond donors (Lipinski definition) is 1. The Morgan fingerprint density at radius 1 is 1.18 bits per heavy atom. The number of piperidine rings is 1. The highest BCUT2D eigenvalue weighted by atomic mass is 127. The maximum atomic E-state index is 14.1. The molecule has 182 valence electrons. The Labute approximate surface area is 212 Å². The molecule has 8 nitrogen and oxygen atoms in total. The summed E-state index contributed by atoms with van der Waals surface area (Å²) in [5.74, 6) is 1.03. The lowest BCUT2D eigenvalue weighted by Gasteiger charge is -2.31. The minimum atomic E-state index is -3.21. The first-order valence-electron chi connectivity index (χ1n) is 11.6. The van der Waals surface area contributed by atoms with Crippen molar-refractivity contribution in [2.45, 2.75) is 51.5 Å². The normalized spacial score (nSPS) is 19.1. The number of anilines is 1. The molecule has 34 heavy (non-hydrogen) atoms. The van der Waals surface area contributed by atoms with Gasteiger partial charge < -0.3 is 10.3 Å². The van der Waals surface area contributed by atoms with E-state index < -0.39 is 16.1 Å². The van der Waals surface area contributed by atoms with Crippen LogP contribution in [-0.2, 0) is 35.8 Å². The van der Waals surface area contributed by atoms with Crippen LogP contribution >= 0.6 is 22.6 Å². The van der Waals surface area contributed by atoms with Crippen LogP contribution in [0.2, 0.25) is 0 Å². The zero-order chi connectivity index (χ0) is 24.0. The number of rotatable bonds is 6. The molecular weight excluding hydrogens is 570 g/mol. The first-order valence-corrected chi connectivity index (χ1v) is 14.5. The van der Waals surface area contributed by atoms with E-state index in [0.29, 0.717) is 37.2 Å². The molecule has 11 heteroatoms. The summed E-state index contributed by atoms with van der Waals surface area (Å²) in [4.78, 5) is 12.4. The van der Waals surface area contributed by atoms with Crippen molar-refractivity contribution >= 4 is 49.6 Å². The van der Waals surface area contributed by atoms with Crippen LogP contribution in [0, 0.1) is 15.6 Å². The van der Waals surface area contributed by atoms with Crippen molar-refractivity contribution in [1.29, 1.82) is 0 Å². The summed E-state index contributed by atoms with van der Waals surface area (Å²) in [6.45, 7) is 1.64. The second-order valence-electron chi connectivity index (χ2n) is 9.39. The maximum absolute atomic E-state index is 14.1. The van der Waals surface area contributed by atoms with Crippen molar-refractivity contribution in [1.82, 2.24) is 23.8 Å². The van der Waals surface area contributed by atoms with Crippen LogP contribution in [0.5, 0.6) is 0 Å². The Kier molecular flexibility index (Phi) is 6.53. The van der Waals surface area contributed by atoms with Gasteiger partial charge in [-0.2, -0.15) is 14.4 Å². The molecule has 0 saturated carbocycles. The van der Waals surface area contributed by atoms with Gasteiger partial charge in [0.2, 0.25) is 10.0 Å². The van der Waals surface area contributed by atoms with Crippen molar-refractivity contribution in [2.24, 2.45) is 5.92 Å². The maximum Gasteiger partial charge on any atom is 0.312 e. The fraction of sp³-hybridized carbons (Fsp3) is 0.522. The van der Waals surface area contributed by atoms with E-state index in [9.17, 15) is 12.8 Å². The number of hydrogen-bond acceptors (Lipinski definition) is 6. The van der Waals surface area contributed by atoms with Gasteiger partial charge in [0, 0.05) is 29.6 Å². The molecule has 3 aromatic rings. The van der Waals surface area contributed by atoms with Gasteiger partial charge in [-0.15, -0.1) is 0 Å². The molecular formula is C23H28FIN6O2S. The standard InChI is InChI=1S/C23H28FIN6O2S/c1-34(32,33)30-8-3-4-14(13-30)7-9-31-19(27-20-21(26)28-23(24)29-22(20)31)12-17-10-15-5-2-6-16(15)11-18(17)25/h10-11,14H,2-9,12-13H2,1H3,(H2,26,28,29). The average molecular weight is 598 g/mol. The van der Waals surface area contributed by atoms with Gasteiger partial charge in [-0.05, 0) is 89.8 Å². The molecule has 0 radical (unpaired) electrons. The molecule has 1 atom stereocenters. The first-order chi connectivity index (χ1) is 16.2. The summed E-state index contributed by atoms with van der Waals surface area (Å²) in [5.41, 5.74) is 10.8. The van der Waals surface area contributed by atoms with E-state index in [1.165, 1.54) is 32.9 Å². The van der Waals surface area contributed by atoms with Crippen molar-refractivity contribution in [3.63, 3.8) is 0 Å². The van der Waals surface area contributed by atoms with E-state index in [-0.39, 0.29) is 11.7 Å². The van der Waals surface area contributed by atoms with Crippen LogP contribution in [0.1, 0.15) is 48.2 Å². The van der Waals surface area contributed by atoms with Gasteiger partial charge in [0.05, 0.1) is 6.26 Å². The summed E-state index contributed by atoms with van der Waals surface area (Å²) < 4.78 is 42.8. The van der Waals surface area contributed by atoms with Gasteiger partial charge in [0.25, 0.3) is 0 Å². The van der Waals surface area contributed by atoms with Crippen molar-refractivity contribution in [3.05, 3.63) is 44.3 Å². The fourth-order valence-corrected chi connectivity index (χ4v) is 6.90. The van der Waals surface area contributed by atoms with Crippen LogP contribution < -0.4 is 5.73 Å². The van der Waals surface area contributed by atoms with Crippen LogP contribution in [-0.4, -0.2) is 51.6 Å². The minimum Gasteiger partial charge on any atom is -0.382 e. The smallest absolute Gasteiger partial charge is 0.312 e. The SMILES string of the molecule is CS(=O)(=O)N1CCCC(CCn2c(Cc3cc4c(cc3I)CCC4)nc3c(N)nc(F)nc32)C1. The molecule has 1 saturated heterocycles. The van der Waals surface area contributed by atoms with E-state index >= 15 is 0 Å². The molecule has 0 amide bonds. The third kappa shape index (κ3) is 4.78. The first kappa shape index (κ1) is 23.9. The highest BCUT2D eigenvalue weighted by Gasteiger charge is 2.27. The van der Waals surface area contributed by atoms with Crippen LogP contribution in [0.3, 0.4) is 0 Å². The van der Waals surface area contributed by atoms with Crippen molar-refractivity contribution in [2.75, 3.05) is 25.1 Å². The lowest BCUT2D eigenvalue weighted by atomic mass is 9.96. The lowest BCUT2D eigenvalue weighted by Crippen LogP contribution is -2.39. The second-order valence-corrected chi connectivity index (χ2v) is 12.5. The number of nitrogen functional groups attached to an aromatic ring is 1.